The van der Waals surface area contributed by atoms with Gasteiger partial charge in [-0.1, -0.05) is 13.3 Å². The third-order valence-corrected chi connectivity index (χ3v) is 3.94. The van der Waals surface area contributed by atoms with Crippen LogP contribution in [-0.4, -0.2) is 14.5 Å². The third-order valence-electron chi connectivity index (χ3n) is 3.94. The van der Waals surface area contributed by atoms with Gasteiger partial charge in [0.05, 0.1) is 0 Å². The molecule has 0 saturated heterocycles. The van der Waals surface area contributed by atoms with Gasteiger partial charge in [-0.05, 0) is 31.7 Å². The smallest absolute Gasteiger partial charge is 0.252 e. The quantitative estimate of drug-likeness (QED) is 0.773. The van der Waals surface area contributed by atoms with Gasteiger partial charge in [0.2, 0.25) is 0 Å². The Labute approximate surface area is 106 Å². The molecule has 2 atom stereocenters. The first-order valence-electron chi connectivity index (χ1n) is 6.52. The fourth-order valence-corrected chi connectivity index (χ4v) is 2.95. The summed E-state index contributed by atoms with van der Waals surface area (Å²) in [5, 5.41) is 0.944. The van der Waals surface area contributed by atoms with Gasteiger partial charge in [-0.15, -0.1) is 0 Å². The molecule has 1 aliphatic carbocycles. The van der Waals surface area contributed by atoms with E-state index in [2.05, 4.69) is 16.9 Å². The molecule has 4 nitrogen and oxygen atoms in total. The first kappa shape index (κ1) is 11.4. The Morgan fingerprint density at radius 1 is 1.33 bits per heavy atom. The molecule has 2 aromatic heterocycles. The largest absolute Gasteiger partial charge is 0.289 e. The Balaban J connectivity index is 2.29. The van der Waals surface area contributed by atoms with Crippen molar-refractivity contribution in [3.63, 3.8) is 0 Å². The monoisotopic (exact) mass is 243 g/mol. The molecule has 0 N–H and O–H groups in total. The van der Waals surface area contributed by atoms with E-state index < -0.39 is 0 Å². The molecular formula is C14H17N3O. The molecule has 18 heavy (non-hydrogen) atoms. The molecule has 4 heteroatoms. The molecule has 1 aliphatic rings. The minimum absolute atomic E-state index is 0.0550. The highest BCUT2D eigenvalue weighted by molar-refractivity contribution is 5.73. The Bertz CT molecular complexity index is 647. The normalized spacial score (nSPS) is 23.7. The van der Waals surface area contributed by atoms with E-state index in [0.717, 1.165) is 17.5 Å². The molecule has 3 rings (SSSR count). The zero-order chi connectivity index (χ0) is 12.7. The van der Waals surface area contributed by atoms with Crippen molar-refractivity contribution in [1.29, 1.82) is 0 Å². The fourth-order valence-electron chi connectivity index (χ4n) is 2.95. The van der Waals surface area contributed by atoms with Crippen molar-refractivity contribution in [2.75, 3.05) is 0 Å². The van der Waals surface area contributed by atoms with E-state index in [1.807, 2.05) is 17.6 Å². The molecule has 1 saturated carbocycles. The molecule has 2 heterocycles. The Morgan fingerprint density at radius 2 is 2.17 bits per heavy atom. The van der Waals surface area contributed by atoms with Crippen LogP contribution in [0, 0.1) is 12.8 Å². The lowest BCUT2D eigenvalue weighted by atomic mass is 10.1. The van der Waals surface area contributed by atoms with Gasteiger partial charge in [-0.3, -0.25) is 9.36 Å². The molecule has 1 fully saturated rings. The summed E-state index contributed by atoms with van der Waals surface area (Å²) in [5.74, 6) is 1.26. The molecule has 0 aliphatic heterocycles. The van der Waals surface area contributed by atoms with Crippen molar-refractivity contribution in [1.82, 2.24) is 14.5 Å². The average molecular weight is 243 g/mol. The maximum Gasteiger partial charge on any atom is 0.252 e. The summed E-state index contributed by atoms with van der Waals surface area (Å²) in [4.78, 5) is 20.8. The number of hydrogen-bond donors (Lipinski definition) is 0. The van der Waals surface area contributed by atoms with Crippen molar-refractivity contribution < 1.29 is 0 Å². The second-order valence-electron chi connectivity index (χ2n) is 5.21. The van der Waals surface area contributed by atoms with Gasteiger partial charge in [-0.25, -0.2) is 9.97 Å². The summed E-state index contributed by atoms with van der Waals surface area (Å²) in [6, 6.07) is 3.73. The average Bonchev–Trinajstić information content (AvgIpc) is 2.75. The summed E-state index contributed by atoms with van der Waals surface area (Å²) in [5.41, 5.74) is 0.841. The van der Waals surface area contributed by atoms with Crippen LogP contribution in [0.2, 0.25) is 0 Å². The summed E-state index contributed by atoms with van der Waals surface area (Å²) in [7, 11) is 0. The van der Waals surface area contributed by atoms with Gasteiger partial charge in [0.15, 0.2) is 0 Å². The molecule has 0 aromatic carbocycles. The summed E-state index contributed by atoms with van der Waals surface area (Å²) < 4.78 is 1.88. The van der Waals surface area contributed by atoms with Crippen LogP contribution in [0.15, 0.2) is 23.1 Å². The second-order valence-corrected chi connectivity index (χ2v) is 5.21. The number of hydrogen-bond acceptors (Lipinski definition) is 3. The summed E-state index contributed by atoms with van der Waals surface area (Å²) in [6.45, 7) is 4.08. The van der Waals surface area contributed by atoms with E-state index >= 15 is 0 Å². The van der Waals surface area contributed by atoms with E-state index in [4.69, 9.17) is 0 Å². The van der Waals surface area contributed by atoms with Gasteiger partial charge in [0.25, 0.3) is 5.56 Å². The number of fused-ring (bicyclic) bond motifs is 1. The molecule has 94 valence electrons. The molecular weight excluding hydrogens is 226 g/mol. The van der Waals surface area contributed by atoms with Crippen LogP contribution in [0.5, 0.6) is 0 Å². The molecule has 0 spiro atoms. The lowest BCUT2D eigenvalue weighted by molar-refractivity contribution is 0.406. The van der Waals surface area contributed by atoms with E-state index in [-0.39, 0.29) is 11.6 Å². The predicted octanol–water partition coefficient (Wildman–Crippen LogP) is 2.46. The highest BCUT2D eigenvalue weighted by Gasteiger charge is 2.27. The SMILES string of the molecule is Cc1ncc2ccc(=O)n([C@H]3CCC[C@H]3C)c2n1. The van der Waals surface area contributed by atoms with Gasteiger partial charge in [-0.2, -0.15) is 0 Å². The number of aryl methyl sites for hydroxylation is 1. The minimum Gasteiger partial charge on any atom is -0.289 e. The third kappa shape index (κ3) is 1.72. The van der Waals surface area contributed by atoms with E-state index in [9.17, 15) is 4.79 Å². The van der Waals surface area contributed by atoms with Gasteiger partial charge in [0, 0.05) is 23.7 Å². The van der Waals surface area contributed by atoms with E-state index in [1.54, 1.807) is 12.3 Å². The van der Waals surface area contributed by atoms with Crippen molar-refractivity contribution in [2.24, 2.45) is 5.92 Å². The summed E-state index contributed by atoms with van der Waals surface area (Å²) >= 11 is 0. The zero-order valence-corrected chi connectivity index (χ0v) is 10.8. The van der Waals surface area contributed by atoms with Crippen LogP contribution in [0.25, 0.3) is 11.0 Å². The van der Waals surface area contributed by atoms with Crippen LogP contribution in [0.1, 0.15) is 38.1 Å². The lowest BCUT2D eigenvalue weighted by Gasteiger charge is -2.20. The highest BCUT2D eigenvalue weighted by atomic mass is 16.1. The van der Waals surface area contributed by atoms with Crippen LogP contribution in [-0.2, 0) is 0 Å². The van der Waals surface area contributed by atoms with Crippen molar-refractivity contribution in [2.45, 2.75) is 39.2 Å². The topological polar surface area (TPSA) is 47.8 Å². The first-order chi connectivity index (χ1) is 8.66. The molecule has 2 aromatic rings. The van der Waals surface area contributed by atoms with Gasteiger partial charge in [0.1, 0.15) is 11.5 Å². The molecule has 0 bridgehead atoms. The molecule has 0 unspecified atom stereocenters. The Hall–Kier alpha value is -1.71. The minimum atomic E-state index is 0.0550. The first-order valence-corrected chi connectivity index (χ1v) is 6.52. The van der Waals surface area contributed by atoms with E-state index in [1.165, 1.54) is 12.8 Å². The van der Waals surface area contributed by atoms with Gasteiger partial charge < -0.3 is 0 Å². The Morgan fingerprint density at radius 3 is 2.89 bits per heavy atom. The maximum atomic E-state index is 12.2. The predicted molar refractivity (Wildman–Crippen MR) is 70.6 cm³/mol. The lowest BCUT2D eigenvalue weighted by Crippen LogP contribution is -2.26. The van der Waals surface area contributed by atoms with Crippen LogP contribution in [0.4, 0.5) is 0 Å². The fraction of sp³-hybridized carbons (Fsp3) is 0.500. The molecule has 0 radical (unpaired) electrons. The highest BCUT2D eigenvalue weighted by Crippen LogP contribution is 2.35. The molecule has 0 amide bonds. The standard InChI is InChI=1S/C14H17N3O/c1-9-4-3-5-12(9)17-13(18)7-6-11-8-15-10(2)16-14(11)17/h6-9,12H,3-5H2,1-2H3/t9-,12+/m1/s1. The second kappa shape index (κ2) is 4.19. The number of pyridine rings is 1. The number of rotatable bonds is 1. The van der Waals surface area contributed by atoms with Gasteiger partial charge >= 0.3 is 0 Å². The van der Waals surface area contributed by atoms with Crippen LogP contribution in [0.3, 0.4) is 0 Å². The summed E-state index contributed by atoms with van der Waals surface area (Å²) in [6.07, 6.45) is 5.26. The maximum absolute atomic E-state index is 12.2. The van der Waals surface area contributed by atoms with Crippen molar-refractivity contribution >= 4 is 11.0 Å². The van der Waals surface area contributed by atoms with Crippen molar-refractivity contribution in [3.05, 3.63) is 34.5 Å². The van der Waals surface area contributed by atoms with Crippen molar-refractivity contribution in [3.8, 4) is 0 Å². The zero-order valence-electron chi connectivity index (χ0n) is 10.8. The number of nitrogens with zero attached hydrogens (tertiary/aromatic N) is 3. The van der Waals surface area contributed by atoms with Crippen LogP contribution < -0.4 is 5.56 Å². The van der Waals surface area contributed by atoms with E-state index in [0.29, 0.717) is 11.7 Å². The number of aromatic nitrogens is 3. The van der Waals surface area contributed by atoms with Crippen LogP contribution >= 0.6 is 0 Å². The Kier molecular flexibility index (Phi) is 2.65.